The molecule has 0 atom stereocenters. The minimum absolute atomic E-state index is 0.491. The summed E-state index contributed by atoms with van der Waals surface area (Å²) < 4.78 is 4.65. The highest BCUT2D eigenvalue weighted by Gasteiger charge is 2.27. The number of aromatic nitrogens is 2. The van der Waals surface area contributed by atoms with Crippen LogP contribution in [0.25, 0.3) is 0 Å². The molecular formula is C11H19N3O. The van der Waals surface area contributed by atoms with E-state index in [-0.39, 0.29) is 0 Å². The van der Waals surface area contributed by atoms with Crippen LogP contribution in [0, 0.1) is 12.3 Å². The topological polar surface area (TPSA) is 51.0 Å². The zero-order valence-electron chi connectivity index (χ0n) is 9.55. The molecule has 15 heavy (non-hydrogen) atoms. The fourth-order valence-corrected chi connectivity index (χ4v) is 2.30. The van der Waals surface area contributed by atoms with Gasteiger partial charge in [0.05, 0.1) is 0 Å². The van der Waals surface area contributed by atoms with Crippen molar-refractivity contribution in [2.24, 2.45) is 5.41 Å². The van der Waals surface area contributed by atoms with E-state index in [1.165, 1.54) is 25.7 Å². The second-order valence-electron chi connectivity index (χ2n) is 4.92. The summed E-state index contributed by atoms with van der Waals surface area (Å²) in [7, 11) is 0. The lowest BCUT2D eigenvalue weighted by Gasteiger charge is -2.23. The maximum absolute atomic E-state index is 4.65. The molecular weight excluding hydrogens is 190 g/mol. The van der Waals surface area contributed by atoms with E-state index >= 15 is 0 Å². The van der Waals surface area contributed by atoms with E-state index < -0.39 is 0 Å². The molecule has 1 aromatic rings. The third-order valence-electron chi connectivity index (χ3n) is 3.40. The largest absolute Gasteiger partial charge is 0.310 e. The number of rotatable bonds is 4. The molecule has 1 fully saturated rings. The Hall–Kier alpha value is -0.900. The molecule has 0 aromatic carbocycles. The summed E-state index contributed by atoms with van der Waals surface area (Å²) in [6, 6.07) is 0. The van der Waals surface area contributed by atoms with E-state index in [4.69, 9.17) is 0 Å². The van der Waals surface area contributed by atoms with Crippen molar-refractivity contribution in [3.63, 3.8) is 0 Å². The van der Waals surface area contributed by atoms with E-state index in [1.807, 2.05) is 6.92 Å². The lowest BCUT2D eigenvalue weighted by molar-refractivity contribution is 0.294. The zero-order chi connectivity index (χ0) is 10.7. The summed E-state index contributed by atoms with van der Waals surface area (Å²) >= 11 is 0. The summed E-state index contributed by atoms with van der Waals surface area (Å²) in [4.78, 5) is 0. The van der Waals surface area contributed by atoms with E-state index in [0.717, 1.165) is 24.5 Å². The fraction of sp³-hybridized carbons (Fsp3) is 0.818. The fourth-order valence-electron chi connectivity index (χ4n) is 2.30. The van der Waals surface area contributed by atoms with E-state index in [9.17, 15) is 0 Å². The van der Waals surface area contributed by atoms with Gasteiger partial charge < -0.3 is 5.32 Å². The zero-order valence-corrected chi connectivity index (χ0v) is 9.55. The highest BCUT2D eigenvalue weighted by atomic mass is 16.6. The van der Waals surface area contributed by atoms with E-state index in [1.54, 1.807) is 0 Å². The molecule has 0 radical (unpaired) electrons. The average molecular weight is 209 g/mol. The SMILES string of the molecule is Cc1nonc1CNCC1(C)CCCC1. The predicted molar refractivity (Wildman–Crippen MR) is 57.3 cm³/mol. The molecule has 4 heteroatoms. The Balaban J connectivity index is 1.77. The predicted octanol–water partition coefficient (Wildman–Crippen LogP) is 2.05. The van der Waals surface area contributed by atoms with Crippen LogP contribution in [0.3, 0.4) is 0 Å². The Kier molecular flexibility index (Phi) is 3.05. The molecule has 0 saturated heterocycles. The van der Waals surface area contributed by atoms with Crippen LogP contribution in [-0.2, 0) is 6.54 Å². The Morgan fingerprint density at radius 3 is 2.67 bits per heavy atom. The molecule has 1 N–H and O–H groups in total. The van der Waals surface area contributed by atoms with Gasteiger partial charge in [-0.3, -0.25) is 0 Å². The minimum Gasteiger partial charge on any atom is -0.310 e. The number of nitrogens with one attached hydrogen (secondary N) is 1. The third-order valence-corrected chi connectivity index (χ3v) is 3.40. The third kappa shape index (κ3) is 2.56. The number of nitrogens with zero attached hydrogens (tertiary/aromatic N) is 2. The Bertz CT molecular complexity index is 315. The second-order valence-corrected chi connectivity index (χ2v) is 4.92. The van der Waals surface area contributed by atoms with Crippen molar-refractivity contribution in [1.29, 1.82) is 0 Å². The standard InChI is InChI=1S/C11H19N3O/c1-9-10(14-15-13-9)7-12-8-11(2)5-3-4-6-11/h12H,3-8H2,1-2H3. The number of aryl methyl sites for hydroxylation is 1. The Morgan fingerprint density at radius 2 is 2.07 bits per heavy atom. The van der Waals surface area contributed by atoms with E-state index in [2.05, 4.69) is 27.2 Å². The van der Waals surface area contributed by atoms with Gasteiger partial charge >= 0.3 is 0 Å². The van der Waals surface area contributed by atoms with Gasteiger partial charge in [0.2, 0.25) is 0 Å². The molecule has 4 nitrogen and oxygen atoms in total. The highest BCUT2D eigenvalue weighted by molar-refractivity contribution is 5.03. The molecule has 1 aromatic heterocycles. The summed E-state index contributed by atoms with van der Waals surface area (Å²) in [5.74, 6) is 0. The summed E-state index contributed by atoms with van der Waals surface area (Å²) in [5, 5.41) is 11.1. The van der Waals surface area contributed by atoms with Crippen LogP contribution in [0.15, 0.2) is 4.63 Å². The van der Waals surface area contributed by atoms with Gasteiger partial charge in [-0.15, -0.1) is 0 Å². The molecule has 0 unspecified atom stereocenters. The Labute approximate surface area is 90.4 Å². The van der Waals surface area contributed by atoms with Crippen molar-refractivity contribution < 1.29 is 4.63 Å². The van der Waals surface area contributed by atoms with Crippen molar-refractivity contribution in [2.75, 3.05) is 6.54 Å². The van der Waals surface area contributed by atoms with Crippen LogP contribution in [0.2, 0.25) is 0 Å². The first-order chi connectivity index (χ1) is 7.20. The van der Waals surface area contributed by atoms with Gasteiger partial charge in [-0.05, 0) is 25.2 Å². The maximum Gasteiger partial charge on any atom is 0.121 e. The quantitative estimate of drug-likeness (QED) is 0.824. The van der Waals surface area contributed by atoms with Gasteiger partial charge in [-0.25, -0.2) is 4.63 Å². The molecule has 1 aliphatic carbocycles. The monoisotopic (exact) mass is 209 g/mol. The van der Waals surface area contributed by atoms with Crippen molar-refractivity contribution >= 4 is 0 Å². The van der Waals surface area contributed by atoms with Crippen LogP contribution in [0.1, 0.15) is 44.0 Å². The number of hydrogen-bond donors (Lipinski definition) is 1. The summed E-state index contributed by atoms with van der Waals surface area (Å²) in [6.45, 7) is 6.12. The molecule has 0 spiro atoms. The van der Waals surface area contributed by atoms with Crippen molar-refractivity contribution in [1.82, 2.24) is 15.6 Å². The molecule has 84 valence electrons. The smallest absolute Gasteiger partial charge is 0.121 e. The molecule has 1 aliphatic rings. The Morgan fingerprint density at radius 1 is 1.33 bits per heavy atom. The minimum atomic E-state index is 0.491. The number of hydrogen-bond acceptors (Lipinski definition) is 4. The summed E-state index contributed by atoms with van der Waals surface area (Å²) in [6.07, 6.45) is 5.44. The van der Waals surface area contributed by atoms with E-state index in [0.29, 0.717) is 5.41 Å². The molecule has 0 amide bonds. The van der Waals surface area contributed by atoms with Crippen LogP contribution in [-0.4, -0.2) is 16.9 Å². The van der Waals surface area contributed by atoms with Gasteiger partial charge in [0.15, 0.2) is 0 Å². The first kappa shape index (κ1) is 10.6. The average Bonchev–Trinajstić information content (AvgIpc) is 2.78. The van der Waals surface area contributed by atoms with Crippen molar-refractivity contribution in [2.45, 2.75) is 46.1 Å². The van der Waals surface area contributed by atoms with Gasteiger partial charge in [0.25, 0.3) is 0 Å². The van der Waals surface area contributed by atoms with Crippen LogP contribution in [0.5, 0.6) is 0 Å². The molecule has 1 saturated carbocycles. The van der Waals surface area contributed by atoms with Crippen LogP contribution >= 0.6 is 0 Å². The first-order valence-electron chi connectivity index (χ1n) is 5.68. The first-order valence-corrected chi connectivity index (χ1v) is 5.68. The van der Waals surface area contributed by atoms with Gasteiger partial charge in [0.1, 0.15) is 11.4 Å². The second kappa shape index (κ2) is 4.31. The van der Waals surface area contributed by atoms with Gasteiger partial charge in [-0.1, -0.05) is 30.1 Å². The van der Waals surface area contributed by atoms with Gasteiger partial charge in [-0.2, -0.15) is 0 Å². The lowest BCUT2D eigenvalue weighted by atomic mass is 9.89. The molecule has 1 heterocycles. The van der Waals surface area contributed by atoms with Gasteiger partial charge in [0, 0.05) is 13.1 Å². The highest BCUT2D eigenvalue weighted by Crippen LogP contribution is 2.36. The maximum atomic E-state index is 4.65. The molecule has 2 rings (SSSR count). The van der Waals surface area contributed by atoms with Crippen molar-refractivity contribution in [3.05, 3.63) is 11.4 Å². The lowest BCUT2D eigenvalue weighted by Crippen LogP contribution is -2.29. The molecule has 0 aliphatic heterocycles. The summed E-state index contributed by atoms with van der Waals surface area (Å²) in [5.41, 5.74) is 2.31. The van der Waals surface area contributed by atoms with Crippen LogP contribution < -0.4 is 5.32 Å². The van der Waals surface area contributed by atoms with Crippen molar-refractivity contribution in [3.8, 4) is 0 Å². The van der Waals surface area contributed by atoms with Crippen LogP contribution in [0.4, 0.5) is 0 Å². The molecule has 0 bridgehead atoms. The normalized spacial score (nSPS) is 19.6.